The summed E-state index contributed by atoms with van der Waals surface area (Å²) in [6, 6.07) is 6.92. The fourth-order valence-electron chi connectivity index (χ4n) is 3.42. The molecule has 1 fully saturated rings. The number of carboxylic acids is 1. The lowest BCUT2D eigenvalue weighted by Crippen LogP contribution is -2.41. The molecule has 0 aromatic heterocycles. The first-order chi connectivity index (χ1) is 12.0. The minimum Gasteiger partial charge on any atom is -0.482 e. The predicted molar refractivity (Wildman–Crippen MR) is 95.0 cm³/mol. The van der Waals surface area contributed by atoms with Gasteiger partial charge in [0.05, 0.1) is 5.41 Å². The third-order valence-electron chi connectivity index (χ3n) is 4.83. The molecule has 1 aromatic carbocycles. The van der Waals surface area contributed by atoms with Crippen LogP contribution >= 0.6 is 0 Å². The number of carbonyl (C=O) groups excluding carboxylic acids is 1. The van der Waals surface area contributed by atoms with Crippen molar-refractivity contribution < 1.29 is 24.2 Å². The summed E-state index contributed by atoms with van der Waals surface area (Å²) in [5.74, 6) is -0.420. The topological polar surface area (TPSA) is 76.1 Å². The largest absolute Gasteiger partial charge is 0.482 e. The molecular weight excluding hydrogens is 322 g/mol. The second-order valence-electron chi connectivity index (χ2n) is 6.47. The van der Waals surface area contributed by atoms with Crippen LogP contribution in [0.5, 0.6) is 5.75 Å². The van der Waals surface area contributed by atoms with E-state index in [-0.39, 0.29) is 17.9 Å². The molecule has 0 saturated heterocycles. The molecule has 1 aliphatic carbocycles. The van der Waals surface area contributed by atoms with Gasteiger partial charge in [0.2, 0.25) is 5.91 Å². The zero-order valence-corrected chi connectivity index (χ0v) is 15.0. The normalized spacial score (nSPS) is 15.8. The summed E-state index contributed by atoms with van der Waals surface area (Å²) in [5.41, 5.74) is 0.443. The Hall–Kier alpha value is -2.08. The Kier molecular flexibility index (Phi) is 6.82. The Bertz CT molecular complexity index is 578. The van der Waals surface area contributed by atoms with Crippen LogP contribution in [0.25, 0.3) is 0 Å². The fraction of sp³-hybridized carbons (Fsp3) is 0.579. The van der Waals surface area contributed by atoms with Crippen LogP contribution < -0.4 is 9.64 Å². The molecule has 1 aromatic rings. The van der Waals surface area contributed by atoms with Gasteiger partial charge in [-0.25, -0.2) is 4.79 Å². The maximum atomic E-state index is 13.1. The van der Waals surface area contributed by atoms with Crippen LogP contribution in [0.3, 0.4) is 0 Å². The van der Waals surface area contributed by atoms with Gasteiger partial charge in [-0.15, -0.1) is 0 Å². The van der Waals surface area contributed by atoms with E-state index < -0.39 is 5.97 Å². The minimum absolute atomic E-state index is 0.129. The number of amides is 1. The molecule has 0 atom stereocenters. The highest BCUT2D eigenvalue weighted by atomic mass is 16.5. The highest BCUT2D eigenvalue weighted by Crippen LogP contribution is 2.43. The first-order valence-corrected chi connectivity index (χ1v) is 8.79. The van der Waals surface area contributed by atoms with Crippen molar-refractivity contribution in [1.29, 1.82) is 0 Å². The fourth-order valence-corrected chi connectivity index (χ4v) is 3.42. The highest BCUT2D eigenvalue weighted by Gasteiger charge is 2.42. The Morgan fingerprint density at radius 1 is 1.20 bits per heavy atom. The van der Waals surface area contributed by atoms with Crippen molar-refractivity contribution in [1.82, 2.24) is 0 Å². The number of aliphatic carboxylic acids is 1. The Labute approximate surface area is 148 Å². The van der Waals surface area contributed by atoms with E-state index in [4.69, 9.17) is 14.6 Å². The summed E-state index contributed by atoms with van der Waals surface area (Å²) >= 11 is 0. The number of nitrogens with zero attached hydrogens (tertiary/aromatic N) is 1. The van der Waals surface area contributed by atoms with Gasteiger partial charge in [0.1, 0.15) is 5.75 Å². The molecule has 6 heteroatoms. The van der Waals surface area contributed by atoms with Crippen molar-refractivity contribution in [3.63, 3.8) is 0 Å². The van der Waals surface area contributed by atoms with Crippen LogP contribution in [0.1, 0.15) is 39.0 Å². The summed E-state index contributed by atoms with van der Waals surface area (Å²) in [7, 11) is 1.79. The number of rotatable bonds is 9. The average molecular weight is 349 g/mol. The van der Waals surface area contributed by atoms with Crippen LogP contribution in [0.2, 0.25) is 0 Å². The van der Waals surface area contributed by atoms with Gasteiger partial charge in [0.25, 0.3) is 0 Å². The van der Waals surface area contributed by atoms with E-state index in [0.717, 1.165) is 37.8 Å². The molecule has 0 spiro atoms. The molecule has 2 rings (SSSR count). The molecule has 0 bridgehead atoms. The quantitative estimate of drug-likeness (QED) is 0.693. The lowest BCUT2D eigenvalue weighted by molar-refractivity contribution is -0.139. The standard InChI is InChI=1S/C19H27NO5/c1-3-24-13-12-19(10-4-5-11-19)18(23)20(2)15-6-8-16(9-7-15)25-14-17(21)22/h6-9H,3-5,10-14H2,1-2H3,(H,21,22). The van der Waals surface area contributed by atoms with E-state index in [9.17, 15) is 9.59 Å². The maximum Gasteiger partial charge on any atom is 0.341 e. The Morgan fingerprint density at radius 3 is 2.40 bits per heavy atom. The number of hydrogen-bond acceptors (Lipinski definition) is 4. The Balaban J connectivity index is 2.05. The molecule has 1 aliphatic rings. The number of benzene rings is 1. The number of anilines is 1. The lowest BCUT2D eigenvalue weighted by atomic mass is 9.81. The molecule has 6 nitrogen and oxygen atoms in total. The van der Waals surface area contributed by atoms with E-state index in [0.29, 0.717) is 19.0 Å². The molecule has 1 N–H and O–H groups in total. The van der Waals surface area contributed by atoms with E-state index in [2.05, 4.69) is 0 Å². The summed E-state index contributed by atoms with van der Waals surface area (Å²) in [4.78, 5) is 25.4. The lowest BCUT2D eigenvalue weighted by Gasteiger charge is -2.32. The van der Waals surface area contributed by atoms with Gasteiger partial charge >= 0.3 is 5.97 Å². The number of carbonyl (C=O) groups is 2. The molecule has 0 heterocycles. The van der Waals surface area contributed by atoms with E-state index >= 15 is 0 Å². The summed E-state index contributed by atoms with van der Waals surface area (Å²) < 4.78 is 10.6. The van der Waals surface area contributed by atoms with Crippen molar-refractivity contribution in [2.45, 2.75) is 39.0 Å². The van der Waals surface area contributed by atoms with Crippen molar-refractivity contribution in [2.24, 2.45) is 5.41 Å². The number of hydrogen-bond donors (Lipinski definition) is 1. The van der Waals surface area contributed by atoms with Gasteiger partial charge in [-0.3, -0.25) is 4.79 Å². The molecule has 0 radical (unpaired) electrons. The number of carboxylic acid groups (broad SMARTS) is 1. The first-order valence-electron chi connectivity index (χ1n) is 8.79. The molecule has 0 unspecified atom stereocenters. The second-order valence-corrected chi connectivity index (χ2v) is 6.47. The molecule has 1 amide bonds. The molecule has 25 heavy (non-hydrogen) atoms. The van der Waals surface area contributed by atoms with Crippen LogP contribution in [0.4, 0.5) is 5.69 Å². The zero-order chi connectivity index (χ0) is 18.3. The van der Waals surface area contributed by atoms with Crippen LogP contribution in [0.15, 0.2) is 24.3 Å². The van der Waals surface area contributed by atoms with E-state index in [1.54, 1.807) is 36.2 Å². The molecule has 0 aliphatic heterocycles. The summed E-state index contributed by atoms with van der Waals surface area (Å²) in [6.07, 6.45) is 4.72. The van der Waals surface area contributed by atoms with Crippen molar-refractivity contribution in [3.05, 3.63) is 24.3 Å². The Morgan fingerprint density at radius 2 is 1.84 bits per heavy atom. The predicted octanol–water partition coefficient (Wildman–Crippen LogP) is 3.10. The van der Waals surface area contributed by atoms with Gasteiger partial charge in [0, 0.05) is 25.9 Å². The monoisotopic (exact) mass is 349 g/mol. The van der Waals surface area contributed by atoms with E-state index in [1.807, 2.05) is 6.92 Å². The second kappa shape index (κ2) is 8.85. The highest BCUT2D eigenvalue weighted by molar-refractivity contribution is 5.97. The molecular formula is C19H27NO5. The van der Waals surface area contributed by atoms with Crippen LogP contribution in [-0.2, 0) is 14.3 Å². The molecule has 138 valence electrons. The average Bonchev–Trinajstić information content (AvgIpc) is 3.09. The van der Waals surface area contributed by atoms with Gasteiger partial charge in [0.15, 0.2) is 6.61 Å². The van der Waals surface area contributed by atoms with Crippen molar-refractivity contribution in [3.8, 4) is 5.75 Å². The third-order valence-corrected chi connectivity index (χ3v) is 4.83. The van der Waals surface area contributed by atoms with Crippen LogP contribution in [0, 0.1) is 5.41 Å². The van der Waals surface area contributed by atoms with Gasteiger partial charge < -0.3 is 19.5 Å². The summed E-state index contributed by atoms with van der Waals surface area (Å²) in [6.45, 7) is 2.86. The minimum atomic E-state index is -1.02. The van der Waals surface area contributed by atoms with E-state index in [1.165, 1.54) is 0 Å². The first kappa shape index (κ1) is 19.2. The summed E-state index contributed by atoms with van der Waals surface area (Å²) in [5, 5.41) is 8.64. The molecule has 1 saturated carbocycles. The van der Waals surface area contributed by atoms with Crippen molar-refractivity contribution in [2.75, 3.05) is 31.8 Å². The smallest absolute Gasteiger partial charge is 0.341 e. The number of ether oxygens (including phenoxy) is 2. The maximum absolute atomic E-state index is 13.1. The van der Waals surface area contributed by atoms with Crippen LogP contribution in [-0.4, -0.2) is 43.9 Å². The van der Waals surface area contributed by atoms with Gasteiger partial charge in [-0.2, -0.15) is 0 Å². The van der Waals surface area contributed by atoms with Gasteiger partial charge in [-0.05, 0) is 50.5 Å². The van der Waals surface area contributed by atoms with Crippen molar-refractivity contribution >= 4 is 17.6 Å². The zero-order valence-electron chi connectivity index (χ0n) is 15.0. The third kappa shape index (κ3) is 4.95. The van der Waals surface area contributed by atoms with Gasteiger partial charge in [-0.1, -0.05) is 12.8 Å². The SMILES string of the molecule is CCOCCC1(C(=O)N(C)c2ccc(OCC(=O)O)cc2)CCCC1.